The SMILES string of the molecule is Cc1nc2c(C(N)=O)ncn2c(C)c1CCC(=O)NC(C)c1cccc(Cl)c1. The van der Waals surface area contributed by atoms with Crippen LogP contribution in [0.3, 0.4) is 0 Å². The number of nitrogens with zero attached hydrogens (tertiary/aromatic N) is 3. The van der Waals surface area contributed by atoms with Crippen molar-refractivity contribution < 1.29 is 9.59 Å². The van der Waals surface area contributed by atoms with Gasteiger partial charge in [-0.3, -0.25) is 14.0 Å². The van der Waals surface area contributed by atoms with Crippen LogP contribution in [-0.4, -0.2) is 26.2 Å². The molecule has 2 amide bonds. The minimum Gasteiger partial charge on any atom is -0.364 e. The first kappa shape index (κ1) is 19.8. The molecule has 0 saturated heterocycles. The maximum absolute atomic E-state index is 12.4. The fraction of sp³-hybridized carbons (Fsp3) is 0.300. The maximum Gasteiger partial charge on any atom is 0.271 e. The second kappa shape index (κ2) is 7.98. The number of hydrogen-bond acceptors (Lipinski definition) is 4. The molecule has 146 valence electrons. The Hall–Kier alpha value is -2.93. The summed E-state index contributed by atoms with van der Waals surface area (Å²) in [6.45, 7) is 5.69. The van der Waals surface area contributed by atoms with Crippen molar-refractivity contribution in [2.45, 2.75) is 39.7 Å². The third-order valence-corrected chi connectivity index (χ3v) is 5.05. The molecule has 0 aliphatic rings. The first-order valence-corrected chi connectivity index (χ1v) is 9.33. The molecule has 3 aromatic rings. The van der Waals surface area contributed by atoms with Gasteiger partial charge in [0, 0.05) is 22.8 Å². The van der Waals surface area contributed by atoms with E-state index in [9.17, 15) is 9.59 Å². The van der Waals surface area contributed by atoms with Gasteiger partial charge in [0.25, 0.3) is 5.91 Å². The fourth-order valence-electron chi connectivity index (χ4n) is 3.27. The number of amides is 2. The van der Waals surface area contributed by atoms with Crippen LogP contribution in [0.5, 0.6) is 0 Å². The minimum absolute atomic E-state index is 0.0603. The number of benzene rings is 1. The van der Waals surface area contributed by atoms with Crippen molar-refractivity contribution in [3.63, 3.8) is 0 Å². The molecule has 0 spiro atoms. The van der Waals surface area contributed by atoms with Crippen molar-refractivity contribution in [1.29, 1.82) is 0 Å². The molecule has 3 N–H and O–H groups in total. The average molecular weight is 400 g/mol. The lowest BCUT2D eigenvalue weighted by Gasteiger charge is -2.16. The molecule has 3 rings (SSSR count). The summed E-state index contributed by atoms with van der Waals surface area (Å²) in [6.07, 6.45) is 2.37. The highest BCUT2D eigenvalue weighted by molar-refractivity contribution is 6.30. The number of fused-ring (bicyclic) bond motifs is 1. The molecular formula is C20H22ClN5O2. The van der Waals surface area contributed by atoms with E-state index < -0.39 is 5.91 Å². The molecule has 2 aromatic heterocycles. The first-order valence-electron chi connectivity index (χ1n) is 8.95. The van der Waals surface area contributed by atoms with E-state index in [2.05, 4.69) is 15.3 Å². The summed E-state index contributed by atoms with van der Waals surface area (Å²) >= 11 is 6.01. The minimum atomic E-state index is -0.615. The summed E-state index contributed by atoms with van der Waals surface area (Å²) in [5.74, 6) is -0.675. The number of rotatable bonds is 6. The molecule has 0 fully saturated rings. The van der Waals surface area contributed by atoms with Gasteiger partial charge in [-0.1, -0.05) is 23.7 Å². The fourth-order valence-corrected chi connectivity index (χ4v) is 3.47. The molecule has 2 heterocycles. The van der Waals surface area contributed by atoms with Crippen molar-refractivity contribution in [1.82, 2.24) is 19.7 Å². The number of carbonyl (C=O) groups is 2. The number of hydrogen-bond donors (Lipinski definition) is 2. The van der Waals surface area contributed by atoms with Crippen molar-refractivity contribution in [3.8, 4) is 0 Å². The molecule has 0 bridgehead atoms. The number of aromatic nitrogens is 3. The van der Waals surface area contributed by atoms with Crippen molar-refractivity contribution in [2.24, 2.45) is 5.73 Å². The Kier molecular flexibility index (Phi) is 5.65. The molecule has 7 nitrogen and oxygen atoms in total. The zero-order chi connectivity index (χ0) is 20.4. The number of nitrogens with one attached hydrogen (secondary N) is 1. The lowest BCUT2D eigenvalue weighted by Crippen LogP contribution is -2.27. The molecule has 1 unspecified atom stereocenters. The zero-order valence-electron chi connectivity index (χ0n) is 16.0. The summed E-state index contributed by atoms with van der Waals surface area (Å²) < 4.78 is 1.73. The smallest absolute Gasteiger partial charge is 0.271 e. The summed E-state index contributed by atoms with van der Waals surface area (Å²) in [5.41, 5.74) is 9.47. The van der Waals surface area contributed by atoms with Crippen LogP contribution in [0.15, 0.2) is 30.6 Å². The van der Waals surface area contributed by atoms with Gasteiger partial charge < -0.3 is 11.1 Å². The number of primary amides is 1. The normalized spacial score (nSPS) is 12.1. The highest BCUT2D eigenvalue weighted by Gasteiger charge is 2.17. The molecule has 0 radical (unpaired) electrons. The monoisotopic (exact) mass is 399 g/mol. The van der Waals surface area contributed by atoms with E-state index in [-0.39, 0.29) is 17.6 Å². The molecule has 0 aliphatic heterocycles. The van der Waals surface area contributed by atoms with Crippen molar-refractivity contribution in [3.05, 3.63) is 63.8 Å². The van der Waals surface area contributed by atoms with Crippen LogP contribution >= 0.6 is 11.6 Å². The van der Waals surface area contributed by atoms with Gasteiger partial charge in [-0.2, -0.15) is 0 Å². The first-order chi connectivity index (χ1) is 13.3. The van der Waals surface area contributed by atoms with Gasteiger partial charge in [0.15, 0.2) is 11.3 Å². The van der Waals surface area contributed by atoms with Crippen molar-refractivity contribution in [2.75, 3.05) is 0 Å². The predicted octanol–water partition coefficient (Wildman–Crippen LogP) is 2.91. The van der Waals surface area contributed by atoms with E-state index in [1.807, 2.05) is 39.0 Å². The second-order valence-corrected chi connectivity index (χ2v) is 7.19. The molecule has 1 atom stereocenters. The highest BCUT2D eigenvalue weighted by Crippen LogP contribution is 2.20. The molecule has 28 heavy (non-hydrogen) atoms. The third-order valence-electron chi connectivity index (χ3n) is 4.81. The van der Waals surface area contributed by atoms with E-state index in [0.717, 1.165) is 22.5 Å². The number of halogens is 1. The Morgan fingerprint density at radius 2 is 2.07 bits per heavy atom. The highest BCUT2D eigenvalue weighted by atomic mass is 35.5. The van der Waals surface area contributed by atoms with Crippen LogP contribution in [-0.2, 0) is 11.2 Å². The second-order valence-electron chi connectivity index (χ2n) is 6.76. The number of imidazole rings is 1. The molecule has 0 aliphatic carbocycles. The van der Waals surface area contributed by atoms with Gasteiger partial charge in [-0.25, -0.2) is 9.97 Å². The lowest BCUT2D eigenvalue weighted by molar-refractivity contribution is -0.121. The Bertz CT molecular complexity index is 1060. The van der Waals surface area contributed by atoms with Crippen LogP contribution in [0.4, 0.5) is 0 Å². The van der Waals surface area contributed by atoms with E-state index in [4.69, 9.17) is 17.3 Å². The van der Waals surface area contributed by atoms with E-state index in [1.54, 1.807) is 10.5 Å². The van der Waals surface area contributed by atoms with Crippen LogP contribution < -0.4 is 11.1 Å². The molecule has 0 saturated carbocycles. The topological polar surface area (TPSA) is 102 Å². The van der Waals surface area contributed by atoms with Crippen LogP contribution in [0.1, 0.15) is 52.4 Å². The van der Waals surface area contributed by atoms with Crippen LogP contribution in [0, 0.1) is 13.8 Å². The standard InChI is InChI=1S/C20H22ClN5O2/c1-11(14-5-4-6-15(21)9-14)24-17(27)8-7-16-12(2)25-20-18(19(22)28)23-10-26(20)13(16)3/h4-6,9-11H,7-8H2,1-3H3,(H2,22,28)(H,24,27). The average Bonchev–Trinajstić information content (AvgIpc) is 3.05. The quantitative estimate of drug-likeness (QED) is 0.665. The van der Waals surface area contributed by atoms with Crippen molar-refractivity contribution >= 4 is 29.1 Å². The van der Waals surface area contributed by atoms with Gasteiger partial charge in [-0.05, 0) is 50.5 Å². The summed E-state index contributed by atoms with van der Waals surface area (Å²) in [4.78, 5) is 32.4. The third kappa shape index (κ3) is 3.99. The number of aryl methyl sites for hydroxylation is 2. The van der Waals surface area contributed by atoms with Gasteiger partial charge >= 0.3 is 0 Å². The number of carbonyl (C=O) groups excluding carboxylic acids is 2. The lowest BCUT2D eigenvalue weighted by atomic mass is 10.0. The Morgan fingerprint density at radius 1 is 1.32 bits per heavy atom. The molecule has 1 aromatic carbocycles. The predicted molar refractivity (Wildman–Crippen MR) is 107 cm³/mol. The Labute approximate surface area is 167 Å². The number of nitrogens with two attached hydrogens (primary N) is 1. The summed E-state index contributed by atoms with van der Waals surface area (Å²) in [7, 11) is 0. The largest absolute Gasteiger partial charge is 0.364 e. The zero-order valence-corrected chi connectivity index (χ0v) is 16.7. The van der Waals surface area contributed by atoms with Gasteiger partial charge in [0.05, 0.1) is 6.04 Å². The van der Waals surface area contributed by atoms with Gasteiger partial charge in [0.2, 0.25) is 5.91 Å². The summed E-state index contributed by atoms with van der Waals surface area (Å²) in [6, 6.07) is 7.29. The molecule has 8 heteroatoms. The van der Waals surface area contributed by atoms with E-state index >= 15 is 0 Å². The van der Waals surface area contributed by atoms with Crippen LogP contribution in [0.2, 0.25) is 5.02 Å². The van der Waals surface area contributed by atoms with Crippen LogP contribution in [0.25, 0.3) is 5.65 Å². The van der Waals surface area contributed by atoms with Gasteiger partial charge in [0.1, 0.15) is 6.33 Å². The summed E-state index contributed by atoms with van der Waals surface area (Å²) in [5, 5.41) is 3.63. The van der Waals surface area contributed by atoms with E-state index in [1.165, 1.54) is 6.33 Å². The van der Waals surface area contributed by atoms with Gasteiger partial charge in [-0.15, -0.1) is 0 Å². The maximum atomic E-state index is 12.4. The Morgan fingerprint density at radius 3 is 2.75 bits per heavy atom. The van der Waals surface area contributed by atoms with E-state index in [0.29, 0.717) is 23.5 Å². The molecular weight excluding hydrogens is 378 g/mol. The Balaban J connectivity index is 1.72.